The molecular weight excluding hydrogens is 588 g/mol. The van der Waals surface area contributed by atoms with Crippen LogP contribution in [0.2, 0.25) is 0 Å². The van der Waals surface area contributed by atoms with Crippen LogP contribution in [0.4, 0.5) is 26.3 Å². The molecule has 0 aliphatic carbocycles. The minimum atomic E-state index is -5.05. The van der Waals surface area contributed by atoms with Gasteiger partial charge in [-0.1, -0.05) is 23.4 Å². The number of aromatic nitrogens is 1. The Morgan fingerprint density at radius 1 is 1.05 bits per heavy atom. The van der Waals surface area contributed by atoms with E-state index in [4.69, 9.17) is 4.84 Å². The zero-order valence-corrected chi connectivity index (χ0v) is 24.9. The van der Waals surface area contributed by atoms with E-state index in [-0.39, 0.29) is 12.6 Å². The van der Waals surface area contributed by atoms with Crippen LogP contribution in [0.15, 0.2) is 53.8 Å². The lowest BCUT2D eigenvalue weighted by atomic mass is 9.98. The number of hydrogen-bond donors (Lipinski definition) is 1. The van der Waals surface area contributed by atoms with Gasteiger partial charge in [0.1, 0.15) is 6.61 Å². The molecule has 1 N–H and O–H groups in total. The first kappa shape index (κ1) is 33.3. The van der Waals surface area contributed by atoms with Gasteiger partial charge in [0.15, 0.2) is 0 Å². The van der Waals surface area contributed by atoms with Gasteiger partial charge in [0.25, 0.3) is 5.91 Å². The highest BCUT2D eigenvalue weighted by Gasteiger charge is 2.39. The summed E-state index contributed by atoms with van der Waals surface area (Å²) in [6, 6.07) is 8.13. The second-order valence-electron chi connectivity index (χ2n) is 11.4. The van der Waals surface area contributed by atoms with Gasteiger partial charge in [-0.15, -0.1) is 0 Å². The Balaban J connectivity index is 1.54. The van der Waals surface area contributed by atoms with E-state index >= 15 is 0 Å². The SMILES string of the molecule is C/C(CCN1CCN(C(=O)c2cc(C(F)(F)F)cc(C(F)(F)F)c2)[C@H](Cc2c[nH]c3ccccc23)C1)=N\OCCCN(C)C. The number of rotatable bonds is 11. The molecule has 2 heterocycles. The van der Waals surface area contributed by atoms with Crippen molar-refractivity contribution in [1.82, 2.24) is 19.7 Å². The third-order valence-electron chi connectivity index (χ3n) is 7.64. The third kappa shape index (κ3) is 8.75. The first-order chi connectivity index (χ1) is 20.7. The summed E-state index contributed by atoms with van der Waals surface area (Å²) in [7, 11) is 3.96. The number of nitrogens with zero attached hydrogens (tertiary/aromatic N) is 4. The molecule has 44 heavy (non-hydrogen) atoms. The van der Waals surface area contributed by atoms with Crippen LogP contribution < -0.4 is 0 Å². The van der Waals surface area contributed by atoms with Crippen molar-refractivity contribution in [3.63, 3.8) is 0 Å². The predicted octanol–water partition coefficient (Wildman–Crippen LogP) is 6.31. The second-order valence-corrected chi connectivity index (χ2v) is 11.4. The lowest BCUT2D eigenvalue weighted by Gasteiger charge is -2.42. The van der Waals surface area contributed by atoms with Crippen LogP contribution >= 0.6 is 0 Å². The molecule has 1 amide bonds. The van der Waals surface area contributed by atoms with Crippen molar-refractivity contribution in [2.75, 3.05) is 53.4 Å². The van der Waals surface area contributed by atoms with Gasteiger partial charge in [0.05, 0.1) is 16.8 Å². The number of H-pyrrole nitrogens is 1. The van der Waals surface area contributed by atoms with Gasteiger partial charge in [0, 0.05) is 67.8 Å². The van der Waals surface area contributed by atoms with Gasteiger partial charge in [-0.2, -0.15) is 26.3 Å². The molecule has 2 aromatic carbocycles. The largest absolute Gasteiger partial charge is 0.416 e. The van der Waals surface area contributed by atoms with Crippen LogP contribution in [-0.2, 0) is 23.6 Å². The molecule has 13 heteroatoms. The second kappa shape index (κ2) is 14.0. The number of alkyl halides is 6. The van der Waals surface area contributed by atoms with Crippen molar-refractivity contribution in [2.24, 2.45) is 5.16 Å². The molecule has 240 valence electrons. The number of aromatic amines is 1. The van der Waals surface area contributed by atoms with Gasteiger partial charge in [-0.05, 0) is 63.7 Å². The highest BCUT2D eigenvalue weighted by atomic mass is 19.4. The van der Waals surface area contributed by atoms with Crippen LogP contribution in [0.1, 0.15) is 46.8 Å². The lowest BCUT2D eigenvalue weighted by Crippen LogP contribution is -2.56. The van der Waals surface area contributed by atoms with E-state index in [1.165, 1.54) is 4.90 Å². The molecule has 1 atom stereocenters. The lowest BCUT2D eigenvalue weighted by molar-refractivity contribution is -0.143. The fraction of sp³-hybridized carbons (Fsp3) is 0.484. The van der Waals surface area contributed by atoms with Gasteiger partial charge in [-0.25, -0.2) is 0 Å². The highest BCUT2D eigenvalue weighted by molar-refractivity contribution is 5.95. The number of oxime groups is 1. The summed E-state index contributed by atoms with van der Waals surface area (Å²) in [5, 5.41) is 5.11. The van der Waals surface area contributed by atoms with Crippen molar-refractivity contribution < 1.29 is 36.0 Å². The zero-order chi connectivity index (χ0) is 32.1. The fourth-order valence-electron chi connectivity index (χ4n) is 5.33. The average molecular weight is 626 g/mol. The van der Waals surface area contributed by atoms with E-state index in [0.717, 1.165) is 35.1 Å². The quantitative estimate of drug-likeness (QED) is 0.118. The van der Waals surface area contributed by atoms with Gasteiger partial charge < -0.3 is 19.6 Å². The highest BCUT2D eigenvalue weighted by Crippen LogP contribution is 2.37. The Morgan fingerprint density at radius 2 is 1.73 bits per heavy atom. The summed E-state index contributed by atoms with van der Waals surface area (Å²) in [5.41, 5.74) is -1.08. The molecule has 0 spiro atoms. The van der Waals surface area contributed by atoms with E-state index in [1.807, 2.05) is 51.5 Å². The summed E-state index contributed by atoms with van der Waals surface area (Å²) in [6.45, 7) is 4.76. The molecule has 0 bridgehead atoms. The van der Waals surface area contributed by atoms with E-state index in [1.54, 1.807) is 0 Å². The van der Waals surface area contributed by atoms with Crippen molar-refractivity contribution in [3.05, 3.63) is 70.9 Å². The fourth-order valence-corrected chi connectivity index (χ4v) is 5.33. The van der Waals surface area contributed by atoms with E-state index < -0.39 is 41.0 Å². The minimum absolute atomic E-state index is 0.0357. The number of piperazine rings is 1. The van der Waals surface area contributed by atoms with Gasteiger partial charge in [0.2, 0.25) is 0 Å². The maximum Gasteiger partial charge on any atom is 0.416 e. The number of benzene rings is 2. The van der Waals surface area contributed by atoms with Crippen molar-refractivity contribution in [2.45, 2.75) is 44.6 Å². The summed E-state index contributed by atoms with van der Waals surface area (Å²) in [4.78, 5) is 27.9. The average Bonchev–Trinajstić information content (AvgIpc) is 3.37. The molecule has 4 rings (SSSR count). The number of amides is 1. The standard InChI is InChI=1S/C31H37F6N5O2/c1-21(39-44-14-6-10-40(2)3)9-11-41-12-13-42(26(20-41)17-23-19-38-28-8-5-4-7-27(23)28)29(43)22-15-24(30(32,33)34)18-25(16-22)31(35,36)37/h4-5,7-8,15-16,18-19,26,38H,6,9-14,17,20H2,1-3H3/b39-21+/t26-/m1/s1. The smallest absolute Gasteiger partial charge is 0.396 e. The number of para-hydroxylation sites is 1. The summed E-state index contributed by atoms with van der Waals surface area (Å²) < 4.78 is 81.3. The number of carbonyl (C=O) groups is 1. The van der Waals surface area contributed by atoms with Gasteiger partial charge >= 0.3 is 12.4 Å². The Labute approximate surface area is 252 Å². The number of halogens is 6. The molecule has 1 aromatic heterocycles. The molecule has 1 aliphatic heterocycles. The molecule has 1 fully saturated rings. The van der Waals surface area contributed by atoms with Crippen LogP contribution in [-0.4, -0.2) is 90.8 Å². The maximum atomic E-state index is 13.7. The summed E-state index contributed by atoms with van der Waals surface area (Å²) in [5.74, 6) is -0.866. The number of hydrogen-bond acceptors (Lipinski definition) is 5. The Kier molecular flexibility index (Phi) is 10.6. The van der Waals surface area contributed by atoms with Crippen LogP contribution in [0, 0.1) is 0 Å². The summed E-state index contributed by atoms with van der Waals surface area (Å²) >= 11 is 0. The minimum Gasteiger partial charge on any atom is -0.396 e. The first-order valence-electron chi connectivity index (χ1n) is 14.4. The number of nitrogens with one attached hydrogen (secondary N) is 1. The number of fused-ring (bicyclic) bond motifs is 1. The Hall–Kier alpha value is -3.58. The topological polar surface area (TPSA) is 64.2 Å². The van der Waals surface area contributed by atoms with Crippen LogP contribution in [0.25, 0.3) is 10.9 Å². The van der Waals surface area contributed by atoms with Crippen LogP contribution in [0.5, 0.6) is 0 Å². The number of carbonyl (C=O) groups excluding carboxylic acids is 1. The van der Waals surface area contributed by atoms with Crippen molar-refractivity contribution in [1.29, 1.82) is 0 Å². The maximum absolute atomic E-state index is 13.7. The summed E-state index contributed by atoms with van der Waals surface area (Å²) in [6.07, 6.45) is -6.47. The predicted molar refractivity (Wildman–Crippen MR) is 157 cm³/mol. The monoisotopic (exact) mass is 625 g/mol. The Morgan fingerprint density at radius 3 is 2.39 bits per heavy atom. The van der Waals surface area contributed by atoms with E-state index in [0.29, 0.717) is 51.2 Å². The molecule has 0 unspecified atom stereocenters. The molecule has 0 radical (unpaired) electrons. The molecule has 1 saturated heterocycles. The molecule has 3 aromatic rings. The first-order valence-corrected chi connectivity index (χ1v) is 14.4. The molecule has 1 aliphatic rings. The van der Waals surface area contributed by atoms with Crippen LogP contribution in [0.3, 0.4) is 0 Å². The van der Waals surface area contributed by atoms with E-state index in [9.17, 15) is 31.1 Å². The molecular formula is C31H37F6N5O2. The van der Waals surface area contributed by atoms with Gasteiger partial charge in [-0.3, -0.25) is 9.69 Å². The van der Waals surface area contributed by atoms with Crippen molar-refractivity contribution in [3.8, 4) is 0 Å². The molecule has 7 nitrogen and oxygen atoms in total. The zero-order valence-electron chi connectivity index (χ0n) is 24.9. The third-order valence-corrected chi connectivity index (χ3v) is 7.64. The Bertz CT molecular complexity index is 1420. The van der Waals surface area contributed by atoms with Crippen molar-refractivity contribution >= 4 is 22.5 Å². The molecule has 0 saturated carbocycles. The normalized spacial score (nSPS) is 17.1. The van der Waals surface area contributed by atoms with E-state index in [2.05, 4.69) is 19.9 Å².